The summed E-state index contributed by atoms with van der Waals surface area (Å²) in [5, 5.41) is 9.52. The molecule has 2 rings (SSSR count). The molecule has 0 aromatic heterocycles. The molecule has 5 nitrogen and oxygen atoms in total. The van der Waals surface area contributed by atoms with E-state index in [2.05, 4.69) is 0 Å². The number of methoxy groups -OCH3 is 1. The Bertz CT molecular complexity index is 353. The quantitative estimate of drug-likeness (QED) is 0.771. The first-order valence-corrected chi connectivity index (χ1v) is 6.79. The van der Waals surface area contributed by atoms with E-state index in [1.165, 1.54) is 0 Å². The van der Waals surface area contributed by atoms with E-state index in [1.807, 2.05) is 27.7 Å². The Labute approximate surface area is 114 Å². The predicted octanol–water partition coefficient (Wildman–Crippen LogP) is 1.48. The molecular weight excluding hydrogens is 248 g/mol. The van der Waals surface area contributed by atoms with Gasteiger partial charge in [0.2, 0.25) is 0 Å². The van der Waals surface area contributed by atoms with E-state index in [0.717, 1.165) is 0 Å². The van der Waals surface area contributed by atoms with Crippen molar-refractivity contribution < 1.29 is 24.1 Å². The van der Waals surface area contributed by atoms with Crippen LogP contribution < -0.4 is 0 Å². The Hall–Kier alpha value is -0.650. The van der Waals surface area contributed by atoms with Gasteiger partial charge in [-0.1, -0.05) is 6.92 Å². The minimum absolute atomic E-state index is 0.0205. The van der Waals surface area contributed by atoms with Crippen LogP contribution in [0.1, 0.15) is 40.5 Å². The average Bonchev–Trinajstić information content (AvgIpc) is 2.52. The van der Waals surface area contributed by atoms with E-state index in [0.29, 0.717) is 12.8 Å². The van der Waals surface area contributed by atoms with Crippen LogP contribution in [0, 0.1) is 11.3 Å². The Morgan fingerprint density at radius 2 is 1.95 bits per heavy atom. The van der Waals surface area contributed by atoms with Gasteiger partial charge in [0.1, 0.15) is 0 Å². The average molecular weight is 272 g/mol. The largest absolute Gasteiger partial charge is 0.456 e. The molecule has 19 heavy (non-hydrogen) atoms. The normalized spacial score (nSPS) is 42.2. The standard InChI is InChI=1S/C14H24O5/c1-8-10(18-12(16)13(2,3)4)11(17-5)19-14(8)6-9(15)7-14/h8-11,15H,6-7H2,1-5H3/t8-,9?,10+,11+,14?/m0/s1. The summed E-state index contributed by atoms with van der Waals surface area (Å²) < 4.78 is 16.8. The SMILES string of the molecule is CO[C@@H]1OC2(CC(O)C2)[C@@H](C)[C@H]1OC(=O)C(C)(C)C. The summed E-state index contributed by atoms with van der Waals surface area (Å²) in [7, 11) is 1.55. The second-order valence-corrected chi connectivity index (χ2v) is 6.76. The highest BCUT2D eigenvalue weighted by Crippen LogP contribution is 2.50. The van der Waals surface area contributed by atoms with Crippen LogP contribution in [-0.2, 0) is 19.0 Å². The van der Waals surface area contributed by atoms with Crippen molar-refractivity contribution in [3.63, 3.8) is 0 Å². The van der Waals surface area contributed by atoms with Crippen LogP contribution in [0.15, 0.2) is 0 Å². The summed E-state index contributed by atoms with van der Waals surface area (Å²) in [5.74, 6) is -0.237. The topological polar surface area (TPSA) is 65.0 Å². The predicted molar refractivity (Wildman–Crippen MR) is 68.4 cm³/mol. The molecule has 1 saturated heterocycles. The maximum absolute atomic E-state index is 12.0. The van der Waals surface area contributed by atoms with Crippen molar-refractivity contribution in [2.24, 2.45) is 11.3 Å². The lowest BCUT2D eigenvalue weighted by molar-refractivity contribution is -0.222. The number of carbonyl (C=O) groups is 1. The Kier molecular flexibility index (Phi) is 3.66. The van der Waals surface area contributed by atoms with Gasteiger partial charge in [-0.05, 0) is 20.8 Å². The number of carbonyl (C=O) groups excluding carboxylic acids is 1. The van der Waals surface area contributed by atoms with Crippen molar-refractivity contribution in [1.29, 1.82) is 0 Å². The van der Waals surface area contributed by atoms with E-state index < -0.39 is 23.4 Å². The minimum atomic E-state index is -0.549. The van der Waals surface area contributed by atoms with Gasteiger partial charge in [0.25, 0.3) is 0 Å². The van der Waals surface area contributed by atoms with Gasteiger partial charge in [-0.3, -0.25) is 4.79 Å². The Balaban J connectivity index is 2.09. The maximum Gasteiger partial charge on any atom is 0.311 e. The monoisotopic (exact) mass is 272 g/mol. The van der Waals surface area contributed by atoms with Crippen molar-refractivity contribution in [2.75, 3.05) is 7.11 Å². The zero-order valence-electron chi connectivity index (χ0n) is 12.3. The molecule has 1 aliphatic heterocycles. The lowest BCUT2D eigenvalue weighted by atomic mass is 9.69. The highest BCUT2D eigenvalue weighted by Gasteiger charge is 2.60. The van der Waals surface area contributed by atoms with Gasteiger partial charge in [-0.25, -0.2) is 0 Å². The van der Waals surface area contributed by atoms with Gasteiger partial charge in [0.15, 0.2) is 12.4 Å². The molecule has 1 N–H and O–H groups in total. The molecule has 1 heterocycles. The third kappa shape index (κ3) is 2.51. The zero-order chi connectivity index (χ0) is 14.4. The van der Waals surface area contributed by atoms with Crippen LogP contribution in [0.5, 0.6) is 0 Å². The summed E-state index contributed by atoms with van der Waals surface area (Å²) in [6.45, 7) is 7.45. The summed E-state index contributed by atoms with van der Waals surface area (Å²) in [4.78, 5) is 12.0. The first kappa shape index (κ1) is 14.8. The lowest BCUT2D eigenvalue weighted by Gasteiger charge is -2.44. The third-order valence-electron chi connectivity index (χ3n) is 4.19. The van der Waals surface area contributed by atoms with Gasteiger partial charge in [0, 0.05) is 25.9 Å². The number of esters is 1. The van der Waals surface area contributed by atoms with Crippen LogP contribution >= 0.6 is 0 Å². The Morgan fingerprint density at radius 1 is 1.37 bits per heavy atom. The molecular formula is C14H24O5. The fourth-order valence-corrected chi connectivity index (χ4v) is 2.79. The second kappa shape index (κ2) is 4.72. The molecule has 0 aromatic carbocycles. The highest BCUT2D eigenvalue weighted by atomic mass is 16.7. The minimum Gasteiger partial charge on any atom is -0.456 e. The third-order valence-corrected chi connectivity index (χ3v) is 4.19. The number of rotatable bonds is 2. The van der Waals surface area contributed by atoms with Crippen molar-refractivity contribution in [3.8, 4) is 0 Å². The van der Waals surface area contributed by atoms with E-state index >= 15 is 0 Å². The molecule has 0 bridgehead atoms. The summed E-state index contributed by atoms with van der Waals surface area (Å²) in [6, 6.07) is 0. The summed E-state index contributed by atoms with van der Waals surface area (Å²) >= 11 is 0. The van der Waals surface area contributed by atoms with Gasteiger partial charge in [-0.2, -0.15) is 0 Å². The van der Waals surface area contributed by atoms with E-state index in [-0.39, 0.29) is 18.0 Å². The number of hydrogen-bond donors (Lipinski definition) is 1. The fourth-order valence-electron chi connectivity index (χ4n) is 2.79. The molecule has 2 aliphatic rings. The van der Waals surface area contributed by atoms with E-state index in [9.17, 15) is 9.90 Å². The molecule has 0 radical (unpaired) electrons. The molecule has 0 amide bonds. The number of hydrogen-bond acceptors (Lipinski definition) is 5. The molecule has 110 valence electrons. The van der Waals surface area contributed by atoms with Crippen LogP contribution in [-0.4, -0.2) is 42.3 Å². The molecule has 0 unspecified atom stereocenters. The second-order valence-electron chi connectivity index (χ2n) is 6.76. The summed E-state index contributed by atoms with van der Waals surface area (Å²) in [5.41, 5.74) is -0.949. The molecule has 2 fully saturated rings. The van der Waals surface area contributed by atoms with Gasteiger partial charge < -0.3 is 19.3 Å². The fraction of sp³-hybridized carbons (Fsp3) is 0.929. The van der Waals surface area contributed by atoms with Crippen LogP contribution in [0.25, 0.3) is 0 Å². The zero-order valence-corrected chi connectivity index (χ0v) is 12.3. The first-order chi connectivity index (χ1) is 8.69. The first-order valence-electron chi connectivity index (χ1n) is 6.79. The number of aliphatic hydroxyl groups excluding tert-OH is 1. The van der Waals surface area contributed by atoms with Crippen LogP contribution in [0.3, 0.4) is 0 Å². The van der Waals surface area contributed by atoms with Crippen molar-refractivity contribution >= 4 is 5.97 Å². The van der Waals surface area contributed by atoms with Gasteiger partial charge in [0.05, 0.1) is 17.1 Å². The molecule has 0 aromatic rings. The summed E-state index contributed by atoms with van der Waals surface area (Å²) in [6.07, 6.45) is -0.120. The van der Waals surface area contributed by atoms with E-state index in [4.69, 9.17) is 14.2 Å². The lowest BCUT2D eigenvalue weighted by Crippen LogP contribution is -2.52. The molecule has 1 spiro atoms. The van der Waals surface area contributed by atoms with Crippen molar-refractivity contribution in [1.82, 2.24) is 0 Å². The van der Waals surface area contributed by atoms with Crippen LogP contribution in [0.2, 0.25) is 0 Å². The molecule has 5 heteroatoms. The van der Waals surface area contributed by atoms with Crippen molar-refractivity contribution in [3.05, 3.63) is 0 Å². The van der Waals surface area contributed by atoms with Gasteiger partial charge >= 0.3 is 5.97 Å². The number of ether oxygens (including phenoxy) is 3. The van der Waals surface area contributed by atoms with Crippen LogP contribution in [0.4, 0.5) is 0 Å². The highest BCUT2D eigenvalue weighted by molar-refractivity contribution is 5.75. The molecule has 3 atom stereocenters. The smallest absolute Gasteiger partial charge is 0.311 e. The van der Waals surface area contributed by atoms with E-state index in [1.54, 1.807) is 7.11 Å². The van der Waals surface area contributed by atoms with Gasteiger partial charge in [-0.15, -0.1) is 0 Å². The molecule has 1 saturated carbocycles. The van der Waals surface area contributed by atoms with Crippen molar-refractivity contribution in [2.45, 2.75) is 64.6 Å². The maximum atomic E-state index is 12.0. The molecule has 1 aliphatic carbocycles. The Morgan fingerprint density at radius 3 is 2.37 bits per heavy atom. The number of aliphatic hydroxyl groups is 1.